The standard InChI is InChI=1S/C28H34O7/c1-2-26(29)33-22-14-9-7-5-3-4-6-8-13-21-32-24-17-19-25(20-18-24)34-28(31)35-27(30)23-15-11-10-12-16-23/h2,10-12,15-20H,1,3-9,13-14,21-22H2. The number of carbonyl (C=O) groups excluding carboxylic acids is 3. The van der Waals surface area contributed by atoms with Crippen LogP contribution in [0.3, 0.4) is 0 Å². The van der Waals surface area contributed by atoms with Crippen LogP contribution in [0.4, 0.5) is 4.79 Å². The summed E-state index contributed by atoms with van der Waals surface area (Å²) < 4.78 is 20.4. The van der Waals surface area contributed by atoms with Crippen molar-refractivity contribution >= 4 is 18.1 Å². The number of unbranched alkanes of at least 4 members (excludes halogenated alkanes) is 8. The van der Waals surface area contributed by atoms with E-state index in [0.717, 1.165) is 32.1 Å². The second-order valence-electron chi connectivity index (χ2n) is 7.98. The number of esters is 2. The molecule has 0 unspecified atom stereocenters. The maximum Gasteiger partial charge on any atom is 0.521 e. The van der Waals surface area contributed by atoms with Crippen molar-refractivity contribution < 1.29 is 33.3 Å². The smallest absolute Gasteiger partial charge is 0.494 e. The summed E-state index contributed by atoms with van der Waals surface area (Å²) in [6.07, 6.45) is 10.1. The summed E-state index contributed by atoms with van der Waals surface area (Å²) in [5.41, 5.74) is 0.272. The minimum absolute atomic E-state index is 0.265. The fraction of sp³-hybridized carbons (Fsp3) is 0.393. The molecule has 0 saturated carbocycles. The van der Waals surface area contributed by atoms with Crippen molar-refractivity contribution in [3.05, 3.63) is 72.8 Å². The average Bonchev–Trinajstić information content (AvgIpc) is 2.88. The zero-order valence-electron chi connectivity index (χ0n) is 20.1. The molecule has 0 aromatic heterocycles. The van der Waals surface area contributed by atoms with Gasteiger partial charge in [-0.2, -0.15) is 0 Å². The first-order valence-corrected chi connectivity index (χ1v) is 12.1. The molecule has 0 aliphatic rings. The molecule has 188 valence electrons. The monoisotopic (exact) mass is 482 g/mol. The van der Waals surface area contributed by atoms with Crippen LogP contribution in [0.15, 0.2) is 67.3 Å². The van der Waals surface area contributed by atoms with Gasteiger partial charge in [0.05, 0.1) is 18.8 Å². The van der Waals surface area contributed by atoms with Gasteiger partial charge in [-0.05, 0) is 49.2 Å². The zero-order valence-corrected chi connectivity index (χ0v) is 20.1. The molecule has 2 aromatic rings. The van der Waals surface area contributed by atoms with E-state index >= 15 is 0 Å². The van der Waals surface area contributed by atoms with E-state index in [-0.39, 0.29) is 17.3 Å². The van der Waals surface area contributed by atoms with Crippen LogP contribution < -0.4 is 9.47 Å². The lowest BCUT2D eigenvalue weighted by Gasteiger charge is -2.08. The lowest BCUT2D eigenvalue weighted by atomic mass is 10.1. The van der Waals surface area contributed by atoms with Crippen LogP contribution in [0, 0.1) is 0 Å². The van der Waals surface area contributed by atoms with E-state index in [1.165, 1.54) is 31.8 Å². The molecule has 7 nitrogen and oxygen atoms in total. The second kappa shape index (κ2) is 16.9. The minimum atomic E-state index is -1.08. The van der Waals surface area contributed by atoms with Crippen molar-refractivity contribution in [1.29, 1.82) is 0 Å². The molecule has 0 heterocycles. The highest BCUT2D eigenvalue weighted by molar-refractivity contribution is 5.95. The quantitative estimate of drug-likeness (QED) is 0.0869. The Morgan fingerprint density at radius 1 is 0.686 bits per heavy atom. The molecule has 0 saturated heterocycles. The molecule has 35 heavy (non-hydrogen) atoms. The number of hydrogen-bond acceptors (Lipinski definition) is 7. The van der Waals surface area contributed by atoms with Crippen molar-refractivity contribution in [2.75, 3.05) is 13.2 Å². The van der Waals surface area contributed by atoms with Gasteiger partial charge in [0.2, 0.25) is 0 Å². The van der Waals surface area contributed by atoms with E-state index < -0.39 is 12.1 Å². The predicted molar refractivity (Wildman–Crippen MR) is 133 cm³/mol. The Morgan fingerprint density at radius 3 is 1.83 bits per heavy atom. The summed E-state index contributed by atoms with van der Waals surface area (Å²) in [5, 5.41) is 0. The SMILES string of the molecule is C=CC(=O)OCCCCCCCCCCCOc1ccc(OC(=O)OC(=O)c2ccccc2)cc1. The van der Waals surface area contributed by atoms with Gasteiger partial charge in [-0.1, -0.05) is 69.7 Å². The highest BCUT2D eigenvalue weighted by Gasteiger charge is 2.14. The van der Waals surface area contributed by atoms with Crippen molar-refractivity contribution in [3.8, 4) is 11.5 Å². The lowest BCUT2D eigenvalue weighted by Crippen LogP contribution is -2.16. The zero-order chi connectivity index (χ0) is 25.1. The fourth-order valence-electron chi connectivity index (χ4n) is 3.29. The molecule has 0 fully saturated rings. The first-order chi connectivity index (χ1) is 17.1. The van der Waals surface area contributed by atoms with Crippen LogP contribution in [0.1, 0.15) is 68.1 Å². The maximum absolute atomic E-state index is 11.9. The van der Waals surface area contributed by atoms with E-state index in [4.69, 9.17) is 14.2 Å². The highest BCUT2D eigenvalue weighted by atomic mass is 16.7. The molecule has 2 rings (SSSR count). The van der Waals surface area contributed by atoms with Crippen molar-refractivity contribution in [2.24, 2.45) is 0 Å². The van der Waals surface area contributed by atoms with Crippen LogP contribution >= 0.6 is 0 Å². The summed E-state index contributed by atoms with van der Waals surface area (Å²) in [5.74, 6) is -0.166. The van der Waals surface area contributed by atoms with Gasteiger partial charge >= 0.3 is 18.1 Å². The van der Waals surface area contributed by atoms with Crippen LogP contribution in [0.25, 0.3) is 0 Å². The first kappa shape index (κ1) is 27.6. The van der Waals surface area contributed by atoms with Gasteiger partial charge in [0, 0.05) is 6.08 Å². The minimum Gasteiger partial charge on any atom is -0.494 e. The fourth-order valence-corrected chi connectivity index (χ4v) is 3.29. The Hall–Kier alpha value is -3.61. The highest BCUT2D eigenvalue weighted by Crippen LogP contribution is 2.19. The summed E-state index contributed by atoms with van der Waals surface area (Å²) in [6.45, 7) is 4.47. The molecule has 0 bridgehead atoms. The van der Waals surface area contributed by atoms with Crippen LogP contribution in [0.5, 0.6) is 11.5 Å². The van der Waals surface area contributed by atoms with Gasteiger partial charge in [0.15, 0.2) is 0 Å². The Kier molecular flexibility index (Phi) is 13.4. The molecule has 0 atom stereocenters. The largest absolute Gasteiger partial charge is 0.521 e. The van der Waals surface area contributed by atoms with Crippen LogP contribution in [0.2, 0.25) is 0 Å². The number of carbonyl (C=O) groups is 3. The van der Waals surface area contributed by atoms with E-state index in [1.807, 2.05) is 0 Å². The van der Waals surface area contributed by atoms with Gasteiger partial charge in [-0.15, -0.1) is 0 Å². The van der Waals surface area contributed by atoms with Gasteiger partial charge in [-0.25, -0.2) is 14.4 Å². The van der Waals surface area contributed by atoms with Crippen LogP contribution in [-0.4, -0.2) is 31.3 Å². The molecule has 0 radical (unpaired) electrons. The Labute approximate surface area is 207 Å². The summed E-state index contributed by atoms with van der Waals surface area (Å²) in [6, 6.07) is 14.8. The predicted octanol–water partition coefficient (Wildman–Crippen LogP) is 6.66. The third-order valence-corrected chi connectivity index (χ3v) is 5.18. The van der Waals surface area contributed by atoms with E-state index in [0.29, 0.717) is 19.0 Å². The maximum atomic E-state index is 11.9. The molecule has 0 aliphatic carbocycles. The second-order valence-corrected chi connectivity index (χ2v) is 7.98. The number of rotatable bonds is 16. The Balaban J connectivity index is 1.47. The van der Waals surface area contributed by atoms with Crippen molar-refractivity contribution in [2.45, 2.75) is 57.8 Å². The first-order valence-electron chi connectivity index (χ1n) is 12.1. The average molecular weight is 483 g/mol. The van der Waals surface area contributed by atoms with Crippen LogP contribution in [-0.2, 0) is 14.3 Å². The van der Waals surface area contributed by atoms with E-state index in [9.17, 15) is 14.4 Å². The third-order valence-electron chi connectivity index (χ3n) is 5.18. The van der Waals surface area contributed by atoms with Gasteiger partial charge in [0.25, 0.3) is 0 Å². The molecule has 0 N–H and O–H groups in total. The van der Waals surface area contributed by atoms with E-state index in [1.54, 1.807) is 54.6 Å². The number of ether oxygens (including phenoxy) is 4. The molecule has 0 spiro atoms. The van der Waals surface area contributed by atoms with Gasteiger partial charge in [0.1, 0.15) is 11.5 Å². The number of hydrogen-bond donors (Lipinski definition) is 0. The summed E-state index contributed by atoms with van der Waals surface area (Å²) in [4.78, 5) is 34.6. The molecule has 0 amide bonds. The Bertz CT molecular complexity index is 907. The topological polar surface area (TPSA) is 88.1 Å². The summed E-state index contributed by atoms with van der Waals surface area (Å²) >= 11 is 0. The van der Waals surface area contributed by atoms with E-state index in [2.05, 4.69) is 11.3 Å². The number of benzene rings is 2. The Morgan fingerprint density at radius 2 is 1.23 bits per heavy atom. The third kappa shape index (κ3) is 12.4. The lowest BCUT2D eigenvalue weighted by molar-refractivity contribution is -0.137. The summed E-state index contributed by atoms with van der Waals surface area (Å²) in [7, 11) is 0. The van der Waals surface area contributed by atoms with Gasteiger partial charge < -0.3 is 18.9 Å². The molecular weight excluding hydrogens is 448 g/mol. The molecule has 0 aliphatic heterocycles. The van der Waals surface area contributed by atoms with Crippen molar-refractivity contribution in [1.82, 2.24) is 0 Å². The molecule has 2 aromatic carbocycles. The van der Waals surface area contributed by atoms with Gasteiger partial charge in [-0.3, -0.25) is 0 Å². The molecular formula is C28H34O7. The molecule has 7 heteroatoms. The normalized spacial score (nSPS) is 10.3. The van der Waals surface area contributed by atoms with Crippen molar-refractivity contribution in [3.63, 3.8) is 0 Å².